The molecular weight excluding hydrogens is 215 g/mol. The molecule has 0 aliphatic carbocycles. The van der Waals surface area contributed by atoms with E-state index in [-0.39, 0.29) is 12.4 Å². The second-order valence-corrected chi connectivity index (χ2v) is 3.30. The van der Waals surface area contributed by atoms with Crippen molar-refractivity contribution in [2.45, 2.75) is 0 Å². The van der Waals surface area contributed by atoms with Gasteiger partial charge in [0.15, 0.2) is 5.75 Å². The highest BCUT2D eigenvalue weighted by atomic mass is 35.5. The first kappa shape index (κ1) is 8.66. The number of rotatable bonds is 0. The molecule has 0 saturated heterocycles. The molecule has 0 unspecified atom stereocenters. The van der Waals surface area contributed by atoms with E-state index >= 15 is 0 Å². The average molecular weight is 219 g/mol. The SMILES string of the molecule is O=C1OCOc2c(Cl)cc(Cl)cc21. The lowest BCUT2D eigenvalue weighted by atomic mass is 10.2. The summed E-state index contributed by atoms with van der Waals surface area (Å²) in [6.07, 6.45) is 0. The second-order valence-electron chi connectivity index (χ2n) is 2.46. The molecule has 1 aliphatic heterocycles. The van der Waals surface area contributed by atoms with E-state index in [1.807, 2.05) is 0 Å². The molecule has 13 heavy (non-hydrogen) atoms. The second kappa shape index (κ2) is 3.09. The van der Waals surface area contributed by atoms with E-state index < -0.39 is 5.97 Å². The van der Waals surface area contributed by atoms with Crippen LogP contribution in [0, 0.1) is 0 Å². The van der Waals surface area contributed by atoms with Crippen molar-refractivity contribution in [1.82, 2.24) is 0 Å². The highest BCUT2D eigenvalue weighted by Crippen LogP contribution is 2.34. The van der Waals surface area contributed by atoms with Gasteiger partial charge >= 0.3 is 5.97 Å². The number of carbonyl (C=O) groups excluding carboxylic acids is 1. The van der Waals surface area contributed by atoms with Crippen molar-refractivity contribution in [3.05, 3.63) is 27.7 Å². The lowest BCUT2D eigenvalue weighted by Gasteiger charge is -2.17. The molecule has 1 heterocycles. The number of fused-ring (bicyclic) bond motifs is 1. The summed E-state index contributed by atoms with van der Waals surface area (Å²) in [7, 11) is 0. The molecule has 0 bridgehead atoms. The first-order valence-electron chi connectivity index (χ1n) is 3.47. The predicted octanol–water partition coefficient (Wildman–Crippen LogP) is 2.50. The zero-order chi connectivity index (χ0) is 9.42. The molecule has 1 aromatic carbocycles. The molecule has 0 saturated carbocycles. The van der Waals surface area contributed by atoms with Gasteiger partial charge in [0.2, 0.25) is 6.79 Å². The Bertz CT molecular complexity index is 376. The third-order valence-electron chi connectivity index (χ3n) is 1.62. The third kappa shape index (κ3) is 1.45. The fraction of sp³-hybridized carbons (Fsp3) is 0.125. The van der Waals surface area contributed by atoms with Crippen molar-refractivity contribution in [1.29, 1.82) is 0 Å². The Labute approximate surface area is 84.2 Å². The first-order valence-corrected chi connectivity index (χ1v) is 4.23. The van der Waals surface area contributed by atoms with E-state index in [0.29, 0.717) is 15.8 Å². The monoisotopic (exact) mass is 218 g/mol. The van der Waals surface area contributed by atoms with Crippen molar-refractivity contribution in [3.63, 3.8) is 0 Å². The number of hydrogen-bond donors (Lipinski definition) is 0. The van der Waals surface area contributed by atoms with Crippen LogP contribution in [0.15, 0.2) is 12.1 Å². The molecule has 3 nitrogen and oxygen atoms in total. The highest BCUT2D eigenvalue weighted by Gasteiger charge is 2.22. The molecule has 0 N–H and O–H groups in total. The standard InChI is InChI=1S/C8H4Cl2O3/c9-4-1-5-7(6(10)2-4)12-3-13-8(5)11/h1-2H,3H2. The molecule has 68 valence electrons. The molecule has 0 spiro atoms. The molecule has 0 atom stereocenters. The van der Waals surface area contributed by atoms with Gasteiger partial charge in [0.1, 0.15) is 5.56 Å². The van der Waals surface area contributed by atoms with Crippen LogP contribution in [0.2, 0.25) is 10.0 Å². The Morgan fingerprint density at radius 3 is 2.77 bits per heavy atom. The van der Waals surface area contributed by atoms with Gasteiger partial charge in [-0.1, -0.05) is 23.2 Å². The Morgan fingerprint density at radius 1 is 1.23 bits per heavy atom. The quantitative estimate of drug-likeness (QED) is 0.628. The number of esters is 1. The lowest BCUT2D eigenvalue weighted by Crippen LogP contribution is -2.18. The predicted molar refractivity (Wildman–Crippen MR) is 47.4 cm³/mol. The van der Waals surface area contributed by atoms with E-state index in [1.165, 1.54) is 12.1 Å². The van der Waals surface area contributed by atoms with Crippen molar-refractivity contribution in [2.24, 2.45) is 0 Å². The molecule has 0 radical (unpaired) electrons. The van der Waals surface area contributed by atoms with Crippen LogP contribution in [0.4, 0.5) is 0 Å². The van der Waals surface area contributed by atoms with Gasteiger partial charge in [0.25, 0.3) is 0 Å². The highest BCUT2D eigenvalue weighted by molar-refractivity contribution is 6.36. The van der Waals surface area contributed by atoms with Gasteiger partial charge < -0.3 is 9.47 Å². The summed E-state index contributed by atoms with van der Waals surface area (Å²) in [5.41, 5.74) is 0.267. The number of halogens is 2. The Morgan fingerprint density at radius 2 is 2.00 bits per heavy atom. The van der Waals surface area contributed by atoms with Crippen LogP contribution in [0.3, 0.4) is 0 Å². The van der Waals surface area contributed by atoms with Crippen molar-refractivity contribution >= 4 is 29.2 Å². The number of cyclic esters (lactones) is 1. The summed E-state index contributed by atoms with van der Waals surface area (Å²) in [5, 5.41) is 0.699. The van der Waals surface area contributed by atoms with E-state index in [9.17, 15) is 4.79 Å². The summed E-state index contributed by atoms with van der Waals surface area (Å²) < 4.78 is 9.68. The van der Waals surface area contributed by atoms with E-state index in [0.717, 1.165) is 0 Å². The van der Waals surface area contributed by atoms with Crippen LogP contribution in [-0.4, -0.2) is 12.8 Å². The van der Waals surface area contributed by atoms with Gasteiger partial charge in [-0.15, -0.1) is 0 Å². The summed E-state index contributed by atoms with van der Waals surface area (Å²) in [5.74, 6) is -0.132. The average Bonchev–Trinajstić information content (AvgIpc) is 2.07. The van der Waals surface area contributed by atoms with Gasteiger partial charge in [-0.05, 0) is 12.1 Å². The molecule has 1 aliphatic rings. The van der Waals surface area contributed by atoms with Gasteiger partial charge in [-0.2, -0.15) is 0 Å². The third-order valence-corrected chi connectivity index (χ3v) is 2.12. The summed E-state index contributed by atoms with van der Waals surface area (Å²) >= 11 is 11.5. The van der Waals surface area contributed by atoms with Gasteiger partial charge in [0, 0.05) is 5.02 Å². The molecule has 1 aromatic rings. The summed E-state index contributed by atoms with van der Waals surface area (Å²) in [4.78, 5) is 11.2. The Hall–Kier alpha value is -0.930. The maximum absolute atomic E-state index is 11.2. The van der Waals surface area contributed by atoms with Crippen LogP contribution in [-0.2, 0) is 4.74 Å². The molecule has 2 rings (SSSR count). The number of benzene rings is 1. The van der Waals surface area contributed by atoms with Crippen LogP contribution >= 0.6 is 23.2 Å². The van der Waals surface area contributed by atoms with Crippen LogP contribution in [0.25, 0.3) is 0 Å². The normalized spacial score (nSPS) is 14.5. The van der Waals surface area contributed by atoms with Gasteiger partial charge in [0.05, 0.1) is 5.02 Å². The van der Waals surface area contributed by atoms with Gasteiger partial charge in [-0.25, -0.2) is 4.79 Å². The molecule has 5 heteroatoms. The number of hydrogen-bond acceptors (Lipinski definition) is 3. The van der Waals surface area contributed by atoms with Crippen LogP contribution < -0.4 is 4.74 Å². The van der Waals surface area contributed by atoms with Gasteiger partial charge in [-0.3, -0.25) is 0 Å². The maximum Gasteiger partial charge on any atom is 0.344 e. The van der Waals surface area contributed by atoms with Crippen molar-refractivity contribution in [2.75, 3.05) is 6.79 Å². The van der Waals surface area contributed by atoms with E-state index in [2.05, 4.69) is 4.74 Å². The zero-order valence-corrected chi connectivity index (χ0v) is 7.85. The molecule has 0 fully saturated rings. The maximum atomic E-state index is 11.2. The largest absolute Gasteiger partial charge is 0.455 e. The van der Waals surface area contributed by atoms with Crippen LogP contribution in [0.5, 0.6) is 5.75 Å². The Kier molecular flexibility index (Phi) is 2.06. The number of carbonyl (C=O) groups is 1. The fourth-order valence-corrected chi connectivity index (χ4v) is 1.63. The first-order chi connectivity index (χ1) is 6.18. The minimum Gasteiger partial charge on any atom is -0.455 e. The van der Waals surface area contributed by atoms with Crippen molar-refractivity contribution in [3.8, 4) is 5.75 Å². The minimum absolute atomic E-state index is 0.104. The summed E-state index contributed by atoms with van der Waals surface area (Å²) in [6, 6.07) is 2.98. The molecular formula is C8H4Cl2O3. The number of ether oxygens (including phenoxy) is 2. The van der Waals surface area contributed by atoms with E-state index in [4.69, 9.17) is 27.9 Å². The zero-order valence-electron chi connectivity index (χ0n) is 6.34. The summed E-state index contributed by atoms with van der Waals surface area (Å²) in [6.45, 7) is -0.104. The van der Waals surface area contributed by atoms with Crippen molar-refractivity contribution < 1.29 is 14.3 Å². The molecule has 0 amide bonds. The minimum atomic E-state index is -0.467. The Balaban J connectivity index is 2.63. The van der Waals surface area contributed by atoms with E-state index in [1.54, 1.807) is 0 Å². The topological polar surface area (TPSA) is 35.5 Å². The van der Waals surface area contributed by atoms with Crippen LogP contribution in [0.1, 0.15) is 10.4 Å². The fourth-order valence-electron chi connectivity index (χ4n) is 1.08. The smallest absolute Gasteiger partial charge is 0.344 e. The lowest BCUT2D eigenvalue weighted by molar-refractivity contribution is 0.00495. The molecule has 0 aromatic heterocycles.